The zero-order valence-corrected chi connectivity index (χ0v) is 12.8. The SMILES string of the molecule is CNC(=O)Cn1cnc2sc3c(c2c1=O)C(C(=O)O)CCC3. The van der Waals surface area contributed by atoms with Gasteiger partial charge in [-0.15, -0.1) is 11.3 Å². The van der Waals surface area contributed by atoms with Crippen LogP contribution in [0.5, 0.6) is 0 Å². The Morgan fingerprint density at radius 1 is 1.55 bits per heavy atom. The monoisotopic (exact) mass is 321 g/mol. The molecule has 0 radical (unpaired) electrons. The van der Waals surface area contributed by atoms with Crippen LogP contribution in [0.25, 0.3) is 10.2 Å². The molecule has 0 aromatic carbocycles. The number of aromatic nitrogens is 2. The normalized spacial score (nSPS) is 17.2. The Morgan fingerprint density at radius 3 is 3.00 bits per heavy atom. The molecule has 3 rings (SSSR count). The minimum atomic E-state index is -0.915. The Kier molecular flexibility index (Phi) is 3.69. The van der Waals surface area contributed by atoms with Crippen LogP contribution < -0.4 is 10.9 Å². The Labute approximate surface area is 129 Å². The van der Waals surface area contributed by atoms with Gasteiger partial charge in [0.05, 0.1) is 17.6 Å². The average Bonchev–Trinajstić information content (AvgIpc) is 2.88. The number of fused-ring (bicyclic) bond motifs is 3. The number of aryl methyl sites for hydroxylation is 1. The highest BCUT2D eigenvalue weighted by Gasteiger charge is 2.32. The quantitative estimate of drug-likeness (QED) is 0.867. The predicted molar refractivity (Wildman–Crippen MR) is 81.3 cm³/mol. The Hall–Kier alpha value is -2.22. The molecular formula is C14H15N3O4S. The maximum absolute atomic E-state index is 12.6. The molecule has 0 aliphatic heterocycles. The molecule has 1 amide bonds. The third-order valence-corrected chi connectivity index (χ3v) is 5.10. The highest BCUT2D eigenvalue weighted by molar-refractivity contribution is 7.18. The predicted octanol–water partition coefficient (Wildman–Crippen LogP) is 0.708. The average molecular weight is 321 g/mol. The number of aliphatic carboxylic acids is 1. The molecule has 1 aliphatic rings. The van der Waals surface area contributed by atoms with Gasteiger partial charge in [0.25, 0.3) is 5.56 Å². The fourth-order valence-corrected chi connectivity index (χ4v) is 4.09. The zero-order valence-electron chi connectivity index (χ0n) is 12.0. The first kappa shape index (κ1) is 14.7. The van der Waals surface area contributed by atoms with Crippen molar-refractivity contribution in [2.45, 2.75) is 31.7 Å². The first-order valence-electron chi connectivity index (χ1n) is 6.97. The van der Waals surface area contributed by atoms with Gasteiger partial charge in [0.15, 0.2) is 0 Å². The van der Waals surface area contributed by atoms with Gasteiger partial charge in [0, 0.05) is 11.9 Å². The van der Waals surface area contributed by atoms with Crippen LogP contribution in [0.2, 0.25) is 0 Å². The van der Waals surface area contributed by atoms with E-state index in [-0.39, 0.29) is 18.0 Å². The Balaban J connectivity index is 2.21. The van der Waals surface area contributed by atoms with Crippen LogP contribution in [0, 0.1) is 0 Å². The lowest BCUT2D eigenvalue weighted by Gasteiger charge is -2.18. The fourth-order valence-electron chi connectivity index (χ4n) is 2.85. The fraction of sp³-hybridized carbons (Fsp3) is 0.429. The number of carboxylic acid groups (broad SMARTS) is 1. The number of thiophene rings is 1. The Morgan fingerprint density at radius 2 is 2.32 bits per heavy atom. The van der Waals surface area contributed by atoms with Crippen LogP contribution in [0.15, 0.2) is 11.1 Å². The number of likely N-dealkylation sites (N-methyl/N-ethyl adjacent to an activating group) is 1. The maximum Gasteiger partial charge on any atom is 0.311 e. The molecule has 1 atom stereocenters. The van der Waals surface area contributed by atoms with Gasteiger partial charge >= 0.3 is 5.97 Å². The molecule has 2 heterocycles. The maximum atomic E-state index is 12.6. The molecule has 0 fully saturated rings. The first-order chi connectivity index (χ1) is 10.5. The first-order valence-corrected chi connectivity index (χ1v) is 7.78. The number of nitrogens with one attached hydrogen (secondary N) is 1. The summed E-state index contributed by atoms with van der Waals surface area (Å²) in [6.45, 7) is -0.124. The highest BCUT2D eigenvalue weighted by Crippen LogP contribution is 2.40. The molecule has 2 aromatic heterocycles. The number of carbonyl (C=O) groups is 2. The standard InChI is InChI=1S/C14H15N3O4S/c1-15-9(18)5-17-6-16-12-11(13(17)19)10-7(14(20)21)3-2-4-8(10)22-12/h6-7H,2-5H2,1H3,(H,15,18)(H,20,21). The van der Waals surface area contributed by atoms with E-state index < -0.39 is 11.9 Å². The minimum absolute atomic E-state index is 0.124. The van der Waals surface area contributed by atoms with Gasteiger partial charge < -0.3 is 10.4 Å². The van der Waals surface area contributed by atoms with Crippen LogP contribution in [0.4, 0.5) is 0 Å². The lowest BCUT2D eigenvalue weighted by atomic mass is 9.86. The van der Waals surface area contributed by atoms with E-state index in [4.69, 9.17) is 0 Å². The lowest BCUT2D eigenvalue weighted by molar-refractivity contribution is -0.139. The number of nitrogens with zero attached hydrogens (tertiary/aromatic N) is 2. The molecular weight excluding hydrogens is 306 g/mol. The molecule has 116 valence electrons. The summed E-state index contributed by atoms with van der Waals surface area (Å²) in [4.78, 5) is 41.3. The number of amides is 1. The van der Waals surface area contributed by atoms with Crippen LogP contribution in [0.1, 0.15) is 29.2 Å². The van der Waals surface area contributed by atoms with Crippen LogP contribution in [0.3, 0.4) is 0 Å². The third kappa shape index (κ3) is 2.29. The van der Waals surface area contributed by atoms with Gasteiger partial charge in [-0.2, -0.15) is 0 Å². The number of carbonyl (C=O) groups excluding carboxylic acids is 1. The van der Waals surface area contributed by atoms with Crippen molar-refractivity contribution in [3.05, 3.63) is 27.1 Å². The van der Waals surface area contributed by atoms with E-state index in [2.05, 4.69) is 10.3 Å². The van der Waals surface area contributed by atoms with E-state index >= 15 is 0 Å². The van der Waals surface area contributed by atoms with Crippen molar-refractivity contribution >= 4 is 33.4 Å². The summed E-state index contributed by atoms with van der Waals surface area (Å²) in [7, 11) is 1.49. The van der Waals surface area contributed by atoms with Crippen LogP contribution in [-0.2, 0) is 22.6 Å². The van der Waals surface area contributed by atoms with E-state index in [1.807, 2.05) is 0 Å². The number of rotatable bonds is 3. The summed E-state index contributed by atoms with van der Waals surface area (Å²) in [5.41, 5.74) is 0.252. The molecule has 2 aromatic rings. The second kappa shape index (κ2) is 5.53. The number of hydrogen-bond acceptors (Lipinski definition) is 5. The van der Waals surface area contributed by atoms with Crippen molar-refractivity contribution < 1.29 is 14.7 Å². The smallest absolute Gasteiger partial charge is 0.311 e. The second-order valence-corrected chi connectivity index (χ2v) is 6.34. The summed E-state index contributed by atoms with van der Waals surface area (Å²) in [6, 6.07) is 0. The van der Waals surface area contributed by atoms with E-state index in [9.17, 15) is 19.5 Å². The van der Waals surface area contributed by atoms with Crippen LogP contribution in [-0.4, -0.2) is 33.6 Å². The van der Waals surface area contributed by atoms with Gasteiger partial charge in [-0.1, -0.05) is 0 Å². The van der Waals surface area contributed by atoms with Gasteiger partial charge in [0.2, 0.25) is 5.91 Å². The summed E-state index contributed by atoms with van der Waals surface area (Å²) < 4.78 is 1.22. The van der Waals surface area contributed by atoms with Crippen LogP contribution >= 0.6 is 11.3 Å². The van der Waals surface area contributed by atoms with Gasteiger partial charge in [-0.25, -0.2) is 4.98 Å². The molecule has 8 heteroatoms. The van der Waals surface area contributed by atoms with Crippen molar-refractivity contribution in [2.75, 3.05) is 7.05 Å². The van der Waals surface area contributed by atoms with Crippen molar-refractivity contribution in [2.24, 2.45) is 0 Å². The molecule has 0 saturated carbocycles. The third-order valence-electron chi connectivity index (χ3n) is 3.93. The van der Waals surface area contributed by atoms with Gasteiger partial charge in [-0.3, -0.25) is 19.0 Å². The highest BCUT2D eigenvalue weighted by atomic mass is 32.1. The van der Waals surface area contributed by atoms with Gasteiger partial charge in [-0.05, 0) is 24.8 Å². The molecule has 1 unspecified atom stereocenters. The summed E-state index contributed by atoms with van der Waals surface area (Å²) in [5.74, 6) is -1.88. The molecule has 0 spiro atoms. The summed E-state index contributed by atoms with van der Waals surface area (Å²) in [6.07, 6.45) is 3.44. The van der Waals surface area contributed by atoms with E-state index in [0.29, 0.717) is 22.2 Å². The number of hydrogen-bond donors (Lipinski definition) is 2. The summed E-state index contributed by atoms with van der Waals surface area (Å²) in [5, 5.41) is 12.2. The van der Waals surface area contributed by atoms with Crippen molar-refractivity contribution in [3.63, 3.8) is 0 Å². The van der Waals surface area contributed by atoms with Crippen molar-refractivity contribution in [1.29, 1.82) is 0 Å². The second-order valence-electron chi connectivity index (χ2n) is 5.25. The molecule has 0 bridgehead atoms. The topological polar surface area (TPSA) is 101 Å². The number of carboxylic acids is 1. The lowest BCUT2D eigenvalue weighted by Crippen LogP contribution is -2.30. The van der Waals surface area contributed by atoms with Crippen molar-refractivity contribution in [3.8, 4) is 0 Å². The van der Waals surface area contributed by atoms with Crippen molar-refractivity contribution in [1.82, 2.24) is 14.9 Å². The minimum Gasteiger partial charge on any atom is -0.481 e. The zero-order chi connectivity index (χ0) is 15.9. The van der Waals surface area contributed by atoms with Gasteiger partial charge in [0.1, 0.15) is 11.4 Å². The molecule has 7 nitrogen and oxygen atoms in total. The van der Waals surface area contributed by atoms with E-state index in [1.54, 1.807) is 0 Å². The Bertz CT molecular complexity index is 823. The largest absolute Gasteiger partial charge is 0.481 e. The molecule has 22 heavy (non-hydrogen) atoms. The molecule has 1 aliphatic carbocycles. The molecule has 2 N–H and O–H groups in total. The summed E-state index contributed by atoms with van der Waals surface area (Å²) >= 11 is 1.38. The van der Waals surface area contributed by atoms with E-state index in [1.165, 1.54) is 29.3 Å². The molecule has 0 saturated heterocycles. The van der Waals surface area contributed by atoms with E-state index in [0.717, 1.165) is 17.7 Å².